The normalized spacial score (nSPS) is 18.8. The van der Waals surface area contributed by atoms with E-state index in [0.29, 0.717) is 6.04 Å². The SMILES string of the molecule is CNC(Cc1ccc(C)cc1Cl)C1CCCCC1. The van der Waals surface area contributed by atoms with E-state index in [2.05, 4.69) is 37.5 Å². The van der Waals surface area contributed by atoms with Crippen LogP contribution in [0, 0.1) is 12.8 Å². The first-order valence-electron chi connectivity index (χ1n) is 7.13. The highest BCUT2D eigenvalue weighted by atomic mass is 35.5. The van der Waals surface area contributed by atoms with Crippen molar-refractivity contribution >= 4 is 11.6 Å². The van der Waals surface area contributed by atoms with Crippen molar-refractivity contribution in [3.63, 3.8) is 0 Å². The van der Waals surface area contributed by atoms with Crippen LogP contribution < -0.4 is 5.32 Å². The molecule has 1 aromatic carbocycles. The number of rotatable bonds is 4. The summed E-state index contributed by atoms with van der Waals surface area (Å²) in [6, 6.07) is 7.00. The fourth-order valence-corrected chi connectivity index (χ4v) is 3.41. The fraction of sp³-hybridized carbons (Fsp3) is 0.625. The highest BCUT2D eigenvalue weighted by Crippen LogP contribution is 2.29. The van der Waals surface area contributed by atoms with Crippen LogP contribution in [0.1, 0.15) is 43.2 Å². The van der Waals surface area contributed by atoms with Crippen LogP contribution in [0.25, 0.3) is 0 Å². The van der Waals surface area contributed by atoms with Crippen LogP contribution >= 0.6 is 11.6 Å². The Labute approximate surface area is 116 Å². The van der Waals surface area contributed by atoms with Gasteiger partial charge >= 0.3 is 0 Å². The summed E-state index contributed by atoms with van der Waals surface area (Å²) < 4.78 is 0. The lowest BCUT2D eigenvalue weighted by Gasteiger charge is -2.30. The predicted octanol–water partition coefficient (Wildman–Crippen LogP) is 4.36. The molecule has 1 atom stereocenters. The summed E-state index contributed by atoms with van der Waals surface area (Å²) in [4.78, 5) is 0. The van der Waals surface area contributed by atoms with Gasteiger partial charge in [-0.05, 0) is 56.3 Å². The Kier molecular flexibility index (Phi) is 5.08. The number of hydrogen-bond acceptors (Lipinski definition) is 1. The molecule has 0 amide bonds. The third-order valence-corrected chi connectivity index (χ3v) is 4.59. The zero-order chi connectivity index (χ0) is 13.0. The Morgan fingerprint density at radius 1 is 1.28 bits per heavy atom. The van der Waals surface area contributed by atoms with Gasteiger partial charge in [0.05, 0.1) is 0 Å². The molecule has 1 fully saturated rings. The smallest absolute Gasteiger partial charge is 0.0441 e. The molecule has 0 radical (unpaired) electrons. The topological polar surface area (TPSA) is 12.0 Å². The van der Waals surface area contributed by atoms with E-state index in [1.807, 2.05) is 0 Å². The van der Waals surface area contributed by atoms with Gasteiger partial charge in [-0.25, -0.2) is 0 Å². The van der Waals surface area contributed by atoms with Gasteiger partial charge in [-0.3, -0.25) is 0 Å². The van der Waals surface area contributed by atoms with Crippen LogP contribution in [-0.2, 0) is 6.42 Å². The van der Waals surface area contributed by atoms with Crippen molar-refractivity contribution in [3.05, 3.63) is 34.3 Å². The molecule has 1 aliphatic carbocycles. The maximum absolute atomic E-state index is 6.34. The lowest BCUT2D eigenvalue weighted by molar-refractivity contribution is 0.277. The Hall–Kier alpha value is -0.530. The molecule has 100 valence electrons. The van der Waals surface area contributed by atoms with E-state index in [4.69, 9.17) is 11.6 Å². The highest BCUT2D eigenvalue weighted by Gasteiger charge is 2.23. The molecule has 2 heteroatoms. The second-order valence-electron chi connectivity index (χ2n) is 5.59. The van der Waals surface area contributed by atoms with E-state index in [-0.39, 0.29) is 0 Å². The first-order valence-corrected chi connectivity index (χ1v) is 7.51. The number of likely N-dealkylation sites (N-methyl/N-ethyl adjacent to an activating group) is 1. The monoisotopic (exact) mass is 265 g/mol. The van der Waals surface area contributed by atoms with E-state index in [9.17, 15) is 0 Å². The summed E-state index contributed by atoms with van der Waals surface area (Å²) in [6.07, 6.45) is 8.00. The maximum Gasteiger partial charge on any atom is 0.0441 e. The van der Waals surface area contributed by atoms with Gasteiger partial charge in [0.1, 0.15) is 0 Å². The largest absolute Gasteiger partial charge is 0.316 e. The summed E-state index contributed by atoms with van der Waals surface area (Å²) in [5.74, 6) is 0.820. The summed E-state index contributed by atoms with van der Waals surface area (Å²) in [6.45, 7) is 2.09. The molecular formula is C16H24ClN. The molecule has 1 saturated carbocycles. The van der Waals surface area contributed by atoms with Crippen molar-refractivity contribution < 1.29 is 0 Å². The molecule has 1 aliphatic rings. The Morgan fingerprint density at radius 3 is 2.61 bits per heavy atom. The van der Waals surface area contributed by atoms with Gasteiger partial charge in [0.25, 0.3) is 0 Å². The van der Waals surface area contributed by atoms with Gasteiger partial charge < -0.3 is 5.32 Å². The first-order chi connectivity index (χ1) is 8.70. The zero-order valence-corrected chi connectivity index (χ0v) is 12.3. The number of aryl methyl sites for hydroxylation is 1. The van der Waals surface area contributed by atoms with Gasteiger partial charge in [-0.15, -0.1) is 0 Å². The second-order valence-corrected chi connectivity index (χ2v) is 6.00. The molecule has 1 aromatic rings. The lowest BCUT2D eigenvalue weighted by Crippen LogP contribution is -2.36. The molecule has 18 heavy (non-hydrogen) atoms. The molecule has 1 nitrogen and oxygen atoms in total. The van der Waals surface area contributed by atoms with Crippen molar-refractivity contribution in [1.82, 2.24) is 5.32 Å². The fourth-order valence-electron chi connectivity index (χ4n) is 3.10. The lowest BCUT2D eigenvalue weighted by atomic mass is 9.81. The van der Waals surface area contributed by atoms with Crippen LogP contribution in [0.3, 0.4) is 0 Å². The number of nitrogens with one attached hydrogen (secondary N) is 1. The number of halogens is 1. The van der Waals surface area contributed by atoms with Crippen LogP contribution in [0.2, 0.25) is 5.02 Å². The predicted molar refractivity (Wildman–Crippen MR) is 79.3 cm³/mol. The average Bonchev–Trinajstić information content (AvgIpc) is 2.39. The van der Waals surface area contributed by atoms with Crippen molar-refractivity contribution in [3.8, 4) is 0 Å². The molecule has 0 saturated heterocycles. The van der Waals surface area contributed by atoms with E-state index in [1.54, 1.807) is 0 Å². The van der Waals surface area contributed by atoms with E-state index in [1.165, 1.54) is 43.2 Å². The highest BCUT2D eigenvalue weighted by molar-refractivity contribution is 6.31. The molecule has 0 aliphatic heterocycles. The van der Waals surface area contributed by atoms with E-state index < -0.39 is 0 Å². The summed E-state index contributed by atoms with van der Waals surface area (Å²) in [7, 11) is 2.08. The first kappa shape index (κ1) is 13.9. The molecule has 0 spiro atoms. The van der Waals surface area contributed by atoms with Gasteiger partial charge in [0.2, 0.25) is 0 Å². The average molecular weight is 266 g/mol. The van der Waals surface area contributed by atoms with E-state index in [0.717, 1.165) is 17.4 Å². The molecule has 1 unspecified atom stereocenters. The minimum absolute atomic E-state index is 0.575. The van der Waals surface area contributed by atoms with Crippen molar-refractivity contribution in [2.45, 2.75) is 51.5 Å². The molecule has 0 bridgehead atoms. The third kappa shape index (κ3) is 3.49. The maximum atomic E-state index is 6.34. The van der Waals surface area contributed by atoms with Gasteiger partial charge in [-0.1, -0.05) is 43.0 Å². The van der Waals surface area contributed by atoms with Crippen LogP contribution in [0.5, 0.6) is 0 Å². The van der Waals surface area contributed by atoms with Crippen LogP contribution in [0.4, 0.5) is 0 Å². The quantitative estimate of drug-likeness (QED) is 0.853. The van der Waals surface area contributed by atoms with Crippen molar-refractivity contribution in [2.24, 2.45) is 5.92 Å². The number of hydrogen-bond donors (Lipinski definition) is 1. The summed E-state index contributed by atoms with van der Waals surface area (Å²) >= 11 is 6.34. The summed E-state index contributed by atoms with van der Waals surface area (Å²) in [5, 5.41) is 4.43. The summed E-state index contributed by atoms with van der Waals surface area (Å²) in [5.41, 5.74) is 2.52. The minimum atomic E-state index is 0.575. The molecule has 0 heterocycles. The van der Waals surface area contributed by atoms with Gasteiger partial charge in [0, 0.05) is 11.1 Å². The zero-order valence-electron chi connectivity index (χ0n) is 11.5. The Balaban J connectivity index is 2.04. The van der Waals surface area contributed by atoms with E-state index >= 15 is 0 Å². The second kappa shape index (κ2) is 6.58. The minimum Gasteiger partial charge on any atom is -0.316 e. The van der Waals surface area contributed by atoms with Crippen molar-refractivity contribution in [2.75, 3.05) is 7.05 Å². The molecule has 2 rings (SSSR count). The molecular weight excluding hydrogens is 242 g/mol. The van der Waals surface area contributed by atoms with Crippen molar-refractivity contribution in [1.29, 1.82) is 0 Å². The Bertz CT molecular complexity index is 383. The Morgan fingerprint density at radius 2 is 2.00 bits per heavy atom. The number of benzene rings is 1. The van der Waals surface area contributed by atoms with Gasteiger partial charge in [-0.2, -0.15) is 0 Å². The van der Waals surface area contributed by atoms with Crippen LogP contribution in [0.15, 0.2) is 18.2 Å². The third-order valence-electron chi connectivity index (χ3n) is 4.24. The molecule has 1 N–H and O–H groups in total. The van der Waals surface area contributed by atoms with Gasteiger partial charge in [0.15, 0.2) is 0 Å². The standard InChI is InChI=1S/C16H24ClN/c1-12-8-9-14(15(17)10-12)11-16(18-2)13-6-4-3-5-7-13/h8-10,13,16,18H,3-7,11H2,1-2H3. The van der Waals surface area contributed by atoms with Crippen LogP contribution in [-0.4, -0.2) is 13.1 Å². The molecule has 0 aromatic heterocycles.